The minimum Gasteiger partial charge on any atom is -0.338 e. The summed E-state index contributed by atoms with van der Waals surface area (Å²) in [6.07, 6.45) is 8.61. The van der Waals surface area contributed by atoms with E-state index in [0.29, 0.717) is 5.92 Å². The van der Waals surface area contributed by atoms with Crippen molar-refractivity contribution in [2.45, 2.75) is 57.8 Å². The van der Waals surface area contributed by atoms with Gasteiger partial charge in [0.2, 0.25) is 0 Å². The number of carbonyl (C=O) groups is 1. The van der Waals surface area contributed by atoms with Gasteiger partial charge >= 0.3 is 0 Å². The Kier molecular flexibility index (Phi) is 5.17. The van der Waals surface area contributed by atoms with Crippen molar-refractivity contribution in [2.24, 2.45) is 5.92 Å². The van der Waals surface area contributed by atoms with Crippen molar-refractivity contribution in [1.82, 2.24) is 15.1 Å². The van der Waals surface area contributed by atoms with Gasteiger partial charge in [0.05, 0.1) is 4.88 Å². The molecule has 2 aromatic heterocycles. The highest BCUT2D eigenvalue weighted by Gasteiger charge is 2.27. The van der Waals surface area contributed by atoms with Crippen LogP contribution in [0.15, 0.2) is 12.1 Å². The van der Waals surface area contributed by atoms with Crippen molar-refractivity contribution in [3.8, 4) is 0 Å². The zero-order chi connectivity index (χ0) is 17.2. The summed E-state index contributed by atoms with van der Waals surface area (Å²) in [5, 5.41) is 11.3. The summed E-state index contributed by atoms with van der Waals surface area (Å²) in [6, 6.07) is 3.98. The molecule has 4 rings (SSSR count). The van der Waals surface area contributed by atoms with E-state index >= 15 is 0 Å². The Morgan fingerprint density at radius 1 is 1.12 bits per heavy atom. The second-order valence-corrected chi connectivity index (χ2v) is 9.75. The number of hydrogen-bond acceptors (Lipinski definition) is 5. The smallest absolute Gasteiger partial charge is 0.263 e. The molecule has 0 radical (unpaired) electrons. The topological polar surface area (TPSA) is 46.1 Å². The average molecular weight is 376 g/mol. The monoisotopic (exact) mass is 375 g/mol. The van der Waals surface area contributed by atoms with E-state index < -0.39 is 0 Å². The van der Waals surface area contributed by atoms with E-state index in [1.54, 1.807) is 11.3 Å². The highest BCUT2D eigenvalue weighted by molar-refractivity contribution is 7.14. The predicted molar refractivity (Wildman–Crippen MR) is 103 cm³/mol. The van der Waals surface area contributed by atoms with Gasteiger partial charge in [0.25, 0.3) is 5.91 Å². The lowest BCUT2D eigenvalue weighted by molar-refractivity contribution is 0.0718. The number of rotatable bonds is 4. The van der Waals surface area contributed by atoms with Crippen LogP contribution in [-0.4, -0.2) is 34.1 Å². The van der Waals surface area contributed by atoms with E-state index in [9.17, 15) is 4.79 Å². The molecule has 2 fully saturated rings. The fourth-order valence-corrected chi connectivity index (χ4v) is 5.97. The minimum atomic E-state index is 0.190. The van der Waals surface area contributed by atoms with E-state index in [2.05, 4.69) is 10.2 Å². The first kappa shape index (κ1) is 17.2. The van der Waals surface area contributed by atoms with Crippen LogP contribution in [0, 0.1) is 12.8 Å². The molecule has 2 aromatic rings. The summed E-state index contributed by atoms with van der Waals surface area (Å²) < 4.78 is 0. The molecule has 6 heteroatoms. The number of hydrogen-bond donors (Lipinski definition) is 0. The number of piperidine rings is 1. The van der Waals surface area contributed by atoms with Gasteiger partial charge in [-0.25, -0.2) is 0 Å². The van der Waals surface area contributed by atoms with Gasteiger partial charge in [0, 0.05) is 30.3 Å². The van der Waals surface area contributed by atoms with Crippen molar-refractivity contribution in [2.75, 3.05) is 13.1 Å². The molecule has 0 N–H and O–H groups in total. The summed E-state index contributed by atoms with van der Waals surface area (Å²) in [7, 11) is 0. The van der Waals surface area contributed by atoms with Crippen LogP contribution in [0.25, 0.3) is 0 Å². The van der Waals surface area contributed by atoms with Crippen LogP contribution < -0.4 is 0 Å². The standard InChI is InChI=1S/C19H25N3OS2/c1-13-6-7-16(24-13)19(23)22-10-8-15(9-11-22)18-21-20-17(25-18)12-14-4-2-3-5-14/h6-7,14-15H,2-5,8-12H2,1H3. The maximum absolute atomic E-state index is 12.6. The van der Waals surface area contributed by atoms with E-state index in [-0.39, 0.29) is 5.91 Å². The molecule has 25 heavy (non-hydrogen) atoms. The van der Waals surface area contributed by atoms with Gasteiger partial charge in [-0.3, -0.25) is 4.79 Å². The zero-order valence-electron chi connectivity index (χ0n) is 14.7. The molecule has 2 aliphatic rings. The summed E-state index contributed by atoms with van der Waals surface area (Å²) in [4.78, 5) is 16.6. The molecular formula is C19H25N3OS2. The Hall–Kier alpha value is -1.27. The summed E-state index contributed by atoms with van der Waals surface area (Å²) in [6.45, 7) is 3.71. The molecule has 1 aliphatic carbocycles. The van der Waals surface area contributed by atoms with Crippen LogP contribution in [-0.2, 0) is 6.42 Å². The molecule has 3 heterocycles. The third-order valence-electron chi connectivity index (χ3n) is 5.50. The molecule has 0 bridgehead atoms. The molecular weight excluding hydrogens is 350 g/mol. The van der Waals surface area contributed by atoms with E-state index in [0.717, 1.165) is 43.1 Å². The van der Waals surface area contributed by atoms with Gasteiger partial charge < -0.3 is 4.90 Å². The van der Waals surface area contributed by atoms with E-state index in [4.69, 9.17) is 0 Å². The SMILES string of the molecule is Cc1ccc(C(=O)N2CCC(c3nnc(CC4CCCC4)s3)CC2)s1. The van der Waals surface area contributed by atoms with Gasteiger partial charge in [-0.2, -0.15) is 0 Å². The Labute approximate surface area is 157 Å². The predicted octanol–water partition coefficient (Wildman–Crippen LogP) is 4.66. The maximum Gasteiger partial charge on any atom is 0.263 e. The van der Waals surface area contributed by atoms with Crippen molar-refractivity contribution >= 4 is 28.6 Å². The fraction of sp³-hybridized carbons (Fsp3) is 0.632. The van der Waals surface area contributed by atoms with Crippen LogP contribution in [0.2, 0.25) is 0 Å². The van der Waals surface area contributed by atoms with Gasteiger partial charge in [-0.15, -0.1) is 32.9 Å². The van der Waals surface area contributed by atoms with Crippen LogP contribution >= 0.6 is 22.7 Å². The molecule has 1 amide bonds. The highest BCUT2D eigenvalue weighted by Crippen LogP contribution is 2.33. The third-order valence-corrected chi connectivity index (χ3v) is 7.60. The van der Waals surface area contributed by atoms with Gasteiger partial charge in [0.1, 0.15) is 10.0 Å². The molecule has 1 saturated carbocycles. The third kappa shape index (κ3) is 3.95. The number of aromatic nitrogens is 2. The number of aryl methyl sites for hydroxylation is 1. The summed E-state index contributed by atoms with van der Waals surface area (Å²) in [5.41, 5.74) is 0. The normalized spacial score (nSPS) is 19.6. The largest absolute Gasteiger partial charge is 0.338 e. The molecule has 0 spiro atoms. The van der Waals surface area contributed by atoms with Crippen LogP contribution in [0.1, 0.15) is 69.0 Å². The van der Waals surface area contributed by atoms with Crippen molar-refractivity contribution < 1.29 is 4.79 Å². The van der Waals surface area contributed by atoms with E-state index in [1.165, 1.54) is 40.6 Å². The number of amides is 1. The molecule has 1 saturated heterocycles. The Morgan fingerprint density at radius 3 is 2.56 bits per heavy atom. The van der Waals surface area contributed by atoms with E-state index in [1.807, 2.05) is 35.3 Å². The molecule has 134 valence electrons. The quantitative estimate of drug-likeness (QED) is 0.781. The number of thiophene rings is 1. The molecule has 0 unspecified atom stereocenters. The first-order chi connectivity index (χ1) is 12.2. The van der Waals surface area contributed by atoms with Crippen LogP contribution in [0.4, 0.5) is 0 Å². The van der Waals surface area contributed by atoms with Crippen molar-refractivity contribution in [3.05, 3.63) is 31.9 Å². The van der Waals surface area contributed by atoms with Crippen LogP contribution in [0.5, 0.6) is 0 Å². The summed E-state index contributed by atoms with van der Waals surface area (Å²) in [5.74, 6) is 1.49. The number of nitrogens with zero attached hydrogens (tertiary/aromatic N) is 3. The Bertz CT molecular complexity index is 725. The Morgan fingerprint density at radius 2 is 1.88 bits per heavy atom. The average Bonchev–Trinajstić information content (AvgIpc) is 3.37. The van der Waals surface area contributed by atoms with Crippen LogP contribution in [0.3, 0.4) is 0 Å². The molecule has 0 atom stereocenters. The lowest BCUT2D eigenvalue weighted by atomic mass is 9.97. The molecule has 0 aromatic carbocycles. The first-order valence-corrected chi connectivity index (χ1v) is 11.0. The first-order valence-electron chi connectivity index (χ1n) is 9.37. The van der Waals surface area contributed by atoms with Gasteiger partial charge in [-0.1, -0.05) is 25.7 Å². The molecule has 4 nitrogen and oxygen atoms in total. The maximum atomic E-state index is 12.6. The fourth-order valence-electron chi connectivity index (χ4n) is 4.01. The minimum absolute atomic E-state index is 0.190. The molecule has 1 aliphatic heterocycles. The second kappa shape index (κ2) is 7.54. The second-order valence-electron chi connectivity index (χ2n) is 7.37. The zero-order valence-corrected chi connectivity index (χ0v) is 16.4. The Balaban J connectivity index is 1.32. The van der Waals surface area contributed by atoms with Gasteiger partial charge in [-0.05, 0) is 37.8 Å². The summed E-state index contributed by atoms with van der Waals surface area (Å²) >= 11 is 3.41. The number of likely N-dealkylation sites (tertiary alicyclic amines) is 1. The van der Waals surface area contributed by atoms with Gasteiger partial charge in [0.15, 0.2) is 0 Å². The lowest BCUT2D eigenvalue weighted by Gasteiger charge is -2.30. The lowest BCUT2D eigenvalue weighted by Crippen LogP contribution is -2.37. The van der Waals surface area contributed by atoms with Crippen molar-refractivity contribution in [3.63, 3.8) is 0 Å². The number of carbonyl (C=O) groups excluding carboxylic acids is 1. The van der Waals surface area contributed by atoms with Crippen molar-refractivity contribution in [1.29, 1.82) is 0 Å². The highest BCUT2D eigenvalue weighted by atomic mass is 32.1.